The van der Waals surface area contributed by atoms with E-state index in [1.54, 1.807) is 0 Å². The molecule has 0 bridgehead atoms. The van der Waals surface area contributed by atoms with Crippen LogP contribution in [0, 0.1) is 11.8 Å². The van der Waals surface area contributed by atoms with E-state index in [1.807, 2.05) is 0 Å². The number of aliphatic imine (C=N–C) groups is 1. The molecular weight excluding hydrogens is 631 g/mol. The van der Waals surface area contributed by atoms with Crippen LogP contribution in [0.15, 0.2) is 187 Å². The van der Waals surface area contributed by atoms with Crippen LogP contribution < -0.4 is 0 Å². The number of hydrogen-bond acceptors (Lipinski definition) is 1. The molecule has 0 amide bonds. The Morgan fingerprint density at radius 3 is 1.62 bits per heavy atom. The number of hydrogen-bond donors (Lipinski definition) is 0. The highest BCUT2D eigenvalue weighted by Crippen LogP contribution is 2.63. The summed E-state index contributed by atoms with van der Waals surface area (Å²) in [5, 5.41) is 5.03. The van der Waals surface area contributed by atoms with E-state index >= 15 is 0 Å². The first-order valence-electron chi connectivity index (χ1n) is 18.2. The van der Waals surface area contributed by atoms with Gasteiger partial charge in [-0.1, -0.05) is 134 Å². The molecule has 0 radical (unpaired) electrons. The number of nitrogens with zero attached hydrogens (tertiary/aromatic N) is 3. The summed E-state index contributed by atoms with van der Waals surface area (Å²) < 4.78 is 4.82. The Kier molecular flexibility index (Phi) is 6.21. The molecule has 1 aliphatic carbocycles. The van der Waals surface area contributed by atoms with Gasteiger partial charge in [0, 0.05) is 44.8 Å². The normalized spacial score (nSPS) is 19.4. The summed E-state index contributed by atoms with van der Waals surface area (Å²) in [5.41, 5.74) is 12.3. The number of fused-ring (bicyclic) bond motifs is 7. The van der Waals surface area contributed by atoms with Crippen molar-refractivity contribution in [2.45, 2.75) is 12.3 Å². The molecule has 9 aromatic rings. The van der Waals surface area contributed by atoms with Crippen molar-refractivity contribution < 1.29 is 0 Å². The molecule has 3 heteroatoms. The minimum atomic E-state index is -0.0573. The van der Waals surface area contributed by atoms with E-state index in [9.17, 15) is 0 Å². The molecule has 3 nitrogen and oxygen atoms in total. The van der Waals surface area contributed by atoms with Crippen molar-refractivity contribution in [3.8, 4) is 27.9 Å². The van der Waals surface area contributed by atoms with Gasteiger partial charge in [0.15, 0.2) is 0 Å². The summed E-state index contributed by atoms with van der Waals surface area (Å²) in [6.07, 6.45) is 4.40. The van der Waals surface area contributed by atoms with Gasteiger partial charge in [0.05, 0.1) is 22.1 Å². The molecule has 7 aromatic carbocycles. The average molecular weight is 666 g/mol. The summed E-state index contributed by atoms with van der Waals surface area (Å²) >= 11 is 0. The molecule has 3 unspecified atom stereocenters. The van der Waals surface area contributed by atoms with Crippen molar-refractivity contribution in [2.75, 3.05) is 0 Å². The summed E-state index contributed by atoms with van der Waals surface area (Å²) in [7, 11) is 0. The first kappa shape index (κ1) is 29.3. The molecule has 11 rings (SSSR count). The Balaban J connectivity index is 1.02. The maximum absolute atomic E-state index is 5.15. The van der Waals surface area contributed by atoms with E-state index in [1.165, 1.54) is 77.1 Å². The van der Waals surface area contributed by atoms with Gasteiger partial charge in [-0.2, -0.15) is 0 Å². The molecule has 1 aliphatic heterocycles. The molecule has 2 aliphatic rings. The van der Waals surface area contributed by atoms with Crippen LogP contribution in [-0.4, -0.2) is 15.0 Å². The topological polar surface area (TPSA) is 22.2 Å². The van der Waals surface area contributed by atoms with Gasteiger partial charge in [0.25, 0.3) is 0 Å². The molecule has 1 fully saturated rings. The maximum Gasteiger partial charge on any atom is 0.118 e. The van der Waals surface area contributed by atoms with Gasteiger partial charge in [-0.3, -0.25) is 4.57 Å². The van der Waals surface area contributed by atoms with Gasteiger partial charge in [-0.25, -0.2) is 4.99 Å². The van der Waals surface area contributed by atoms with Gasteiger partial charge in [0.1, 0.15) is 5.84 Å². The first-order chi connectivity index (χ1) is 25.7. The Morgan fingerprint density at radius 2 is 0.962 bits per heavy atom. The fourth-order valence-corrected chi connectivity index (χ4v) is 9.32. The van der Waals surface area contributed by atoms with Crippen LogP contribution in [0.1, 0.15) is 12.5 Å². The number of rotatable bonds is 4. The highest BCUT2D eigenvalue weighted by molar-refractivity contribution is 6.17. The number of benzene rings is 7. The third-order valence-corrected chi connectivity index (χ3v) is 11.9. The predicted molar refractivity (Wildman–Crippen MR) is 217 cm³/mol. The molecule has 1 saturated carbocycles. The van der Waals surface area contributed by atoms with E-state index in [0.717, 1.165) is 5.84 Å². The monoisotopic (exact) mass is 665 g/mol. The minimum Gasteiger partial charge on any atom is -0.309 e. The Bertz CT molecular complexity index is 2910. The molecular formula is C49H35N3. The number of aromatic nitrogens is 2. The van der Waals surface area contributed by atoms with Gasteiger partial charge in [-0.05, 0) is 82.3 Å². The SMILES string of the molecule is CC1C2C(n3c4ccccc4c4cc(-c5ccc6c(c5)c5ccccc5n6-c5ccccc5)ccc43)=NC=CC12c1ccc(-c2ccccc2)cc1. The zero-order valence-corrected chi connectivity index (χ0v) is 28.8. The Hall–Kier alpha value is -6.45. The Labute approximate surface area is 302 Å². The van der Waals surface area contributed by atoms with Crippen molar-refractivity contribution >= 4 is 49.4 Å². The quantitative estimate of drug-likeness (QED) is 0.179. The second-order valence-corrected chi connectivity index (χ2v) is 14.5. The second-order valence-electron chi connectivity index (χ2n) is 14.5. The summed E-state index contributed by atoms with van der Waals surface area (Å²) in [6, 6.07) is 62.0. The van der Waals surface area contributed by atoms with E-state index < -0.39 is 0 Å². The van der Waals surface area contributed by atoms with Gasteiger partial charge < -0.3 is 4.57 Å². The van der Waals surface area contributed by atoms with Crippen LogP contribution in [0.2, 0.25) is 0 Å². The molecule has 2 aromatic heterocycles. The predicted octanol–water partition coefficient (Wildman–Crippen LogP) is 12.2. The van der Waals surface area contributed by atoms with Crippen molar-refractivity contribution in [1.82, 2.24) is 9.13 Å². The van der Waals surface area contributed by atoms with Crippen LogP contribution in [0.5, 0.6) is 0 Å². The van der Waals surface area contributed by atoms with Crippen molar-refractivity contribution in [3.05, 3.63) is 188 Å². The van der Waals surface area contributed by atoms with Gasteiger partial charge in [0.2, 0.25) is 0 Å². The standard InChI is InChI=1S/C49H35N3/c1-32-47-48(50-29-28-49(32,47)37-24-20-34(21-25-37)33-12-4-2-5-13-33)52-44-19-11-9-17-40(44)42-31-36(23-27-46(42)52)35-22-26-45-41(30-35)39-16-8-10-18-43(39)51(45)38-14-6-3-7-15-38/h2-32,47H,1H3. The molecule has 0 N–H and O–H groups in total. The maximum atomic E-state index is 5.15. The summed E-state index contributed by atoms with van der Waals surface area (Å²) in [6.45, 7) is 2.39. The van der Waals surface area contributed by atoms with Gasteiger partial charge in [-0.15, -0.1) is 0 Å². The zero-order valence-electron chi connectivity index (χ0n) is 28.8. The number of para-hydroxylation sites is 3. The van der Waals surface area contributed by atoms with Crippen molar-refractivity contribution in [3.63, 3.8) is 0 Å². The first-order valence-corrected chi connectivity index (χ1v) is 18.2. The molecule has 0 saturated heterocycles. The van der Waals surface area contributed by atoms with E-state index in [4.69, 9.17) is 4.99 Å². The third-order valence-electron chi connectivity index (χ3n) is 11.9. The largest absolute Gasteiger partial charge is 0.309 e. The summed E-state index contributed by atoms with van der Waals surface area (Å²) in [5.74, 6) is 1.87. The molecule has 3 heterocycles. The van der Waals surface area contributed by atoms with Crippen LogP contribution in [0.25, 0.3) is 71.6 Å². The van der Waals surface area contributed by atoms with Crippen LogP contribution in [0.3, 0.4) is 0 Å². The smallest absolute Gasteiger partial charge is 0.118 e. The van der Waals surface area contributed by atoms with Crippen LogP contribution in [-0.2, 0) is 5.41 Å². The van der Waals surface area contributed by atoms with Crippen molar-refractivity contribution in [1.29, 1.82) is 0 Å². The highest BCUT2D eigenvalue weighted by Gasteiger charge is 2.65. The van der Waals surface area contributed by atoms with E-state index in [-0.39, 0.29) is 5.41 Å². The van der Waals surface area contributed by atoms with Crippen molar-refractivity contribution in [2.24, 2.45) is 16.8 Å². The Morgan fingerprint density at radius 1 is 0.462 bits per heavy atom. The lowest BCUT2D eigenvalue weighted by atomic mass is 9.89. The van der Waals surface area contributed by atoms with E-state index in [0.29, 0.717) is 11.8 Å². The molecule has 3 atom stereocenters. The van der Waals surface area contributed by atoms with Gasteiger partial charge >= 0.3 is 0 Å². The lowest BCUT2D eigenvalue weighted by Gasteiger charge is -2.20. The molecule has 52 heavy (non-hydrogen) atoms. The molecule has 246 valence electrons. The van der Waals surface area contributed by atoms with Crippen LogP contribution in [0.4, 0.5) is 0 Å². The lowest BCUT2D eigenvalue weighted by Crippen LogP contribution is -2.22. The molecule has 0 spiro atoms. The van der Waals surface area contributed by atoms with Crippen LogP contribution >= 0.6 is 0 Å². The summed E-state index contributed by atoms with van der Waals surface area (Å²) in [4.78, 5) is 5.15. The fraction of sp³-hybridized carbons (Fsp3) is 0.0816. The second kappa shape index (κ2) is 11.0. The van der Waals surface area contributed by atoms with E-state index in [2.05, 4.69) is 198 Å². The zero-order chi connectivity index (χ0) is 34.4. The minimum absolute atomic E-state index is 0.0573. The third kappa shape index (κ3) is 4.11. The lowest BCUT2D eigenvalue weighted by molar-refractivity contribution is 0.769. The fourth-order valence-electron chi connectivity index (χ4n) is 9.32. The number of allylic oxidation sites excluding steroid dienone is 1. The highest BCUT2D eigenvalue weighted by atomic mass is 15.1. The average Bonchev–Trinajstić information content (AvgIpc) is 3.52.